The molecule has 1 saturated carbocycles. The van der Waals surface area contributed by atoms with Crippen molar-refractivity contribution in [1.82, 2.24) is 5.06 Å². The fourth-order valence-electron chi connectivity index (χ4n) is 3.18. The van der Waals surface area contributed by atoms with Gasteiger partial charge in [0.05, 0.1) is 6.54 Å². The van der Waals surface area contributed by atoms with Crippen molar-refractivity contribution in [2.24, 2.45) is 5.73 Å². The number of carbonyl (C=O) groups is 1. The van der Waals surface area contributed by atoms with E-state index in [9.17, 15) is 4.79 Å². The van der Waals surface area contributed by atoms with Gasteiger partial charge < -0.3 is 5.73 Å². The smallest absolute Gasteiger partial charge is 0.267 e. The molecular formula is C18H18N2O2. The zero-order valence-electron chi connectivity index (χ0n) is 12.2. The summed E-state index contributed by atoms with van der Waals surface area (Å²) in [6.45, 7) is 0.892. The fraction of sp³-hybridized carbons (Fsp3) is 0.278. The Kier molecular flexibility index (Phi) is 3.03. The molecule has 4 nitrogen and oxygen atoms in total. The minimum Gasteiger partial charge on any atom is -0.317 e. The third kappa shape index (κ3) is 2.12. The predicted octanol–water partition coefficient (Wildman–Crippen LogP) is 2.35. The first kappa shape index (κ1) is 13.5. The van der Waals surface area contributed by atoms with Crippen LogP contribution in [0.25, 0.3) is 0 Å². The number of hydrogen-bond donors (Lipinski definition) is 1. The number of nitrogens with zero attached hydrogens (tertiary/aromatic N) is 1. The van der Waals surface area contributed by atoms with Crippen LogP contribution in [0, 0.1) is 0 Å². The first-order valence-corrected chi connectivity index (χ1v) is 7.54. The summed E-state index contributed by atoms with van der Waals surface area (Å²) in [4.78, 5) is 18.4. The summed E-state index contributed by atoms with van der Waals surface area (Å²) in [5, 5.41) is 1.44. The van der Waals surface area contributed by atoms with Crippen LogP contribution in [0.2, 0.25) is 0 Å². The van der Waals surface area contributed by atoms with Crippen LogP contribution >= 0.6 is 0 Å². The van der Waals surface area contributed by atoms with Crippen LogP contribution in [0.3, 0.4) is 0 Å². The standard InChI is InChI=1S/C18H18N2O2/c19-18(10-16(18)13-6-2-1-3-7-13)17(21)20-11-14-8-4-5-9-15(14)12-22-20/h1-9,16H,10-12,19H2/t16-,18+/m1/s1. The highest BCUT2D eigenvalue weighted by Crippen LogP contribution is 2.50. The maximum atomic E-state index is 12.8. The fourth-order valence-corrected chi connectivity index (χ4v) is 3.18. The maximum Gasteiger partial charge on any atom is 0.267 e. The SMILES string of the molecule is N[C@@]1(C(=O)N2Cc3ccccc3CO2)C[C@@H]1c1ccccc1. The Bertz CT molecular complexity index is 716. The topological polar surface area (TPSA) is 55.6 Å². The first-order valence-electron chi connectivity index (χ1n) is 7.54. The lowest BCUT2D eigenvalue weighted by molar-refractivity contribution is -0.203. The Morgan fingerprint density at radius 1 is 1.09 bits per heavy atom. The molecule has 2 aliphatic rings. The molecule has 112 valence electrons. The quantitative estimate of drug-likeness (QED) is 0.925. The van der Waals surface area contributed by atoms with Gasteiger partial charge in [-0.2, -0.15) is 0 Å². The van der Waals surface area contributed by atoms with Gasteiger partial charge in [0, 0.05) is 5.92 Å². The highest BCUT2D eigenvalue weighted by molar-refractivity contribution is 5.90. The molecule has 0 aromatic heterocycles. The summed E-state index contributed by atoms with van der Waals surface area (Å²) in [7, 11) is 0. The van der Waals surface area contributed by atoms with E-state index in [1.807, 2.05) is 54.6 Å². The van der Waals surface area contributed by atoms with Crippen LogP contribution < -0.4 is 5.73 Å². The monoisotopic (exact) mass is 294 g/mol. The zero-order valence-corrected chi connectivity index (χ0v) is 12.2. The van der Waals surface area contributed by atoms with Crippen molar-refractivity contribution in [3.8, 4) is 0 Å². The third-order valence-corrected chi connectivity index (χ3v) is 4.64. The van der Waals surface area contributed by atoms with Crippen LogP contribution in [-0.4, -0.2) is 16.5 Å². The molecule has 2 aromatic carbocycles. The van der Waals surface area contributed by atoms with Gasteiger partial charge in [-0.15, -0.1) is 0 Å². The second-order valence-electron chi connectivity index (χ2n) is 6.09. The second-order valence-corrected chi connectivity index (χ2v) is 6.09. The van der Waals surface area contributed by atoms with Crippen molar-refractivity contribution in [2.45, 2.75) is 31.0 Å². The van der Waals surface area contributed by atoms with Crippen LogP contribution in [0.15, 0.2) is 54.6 Å². The second kappa shape index (κ2) is 4.93. The molecule has 4 heteroatoms. The van der Waals surface area contributed by atoms with Gasteiger partial charge in [0.2, 0.25) is 0 Å². The van der Waals surface area contributed by atoms with Crippen LogP contribution in [0.5, 0.6) is 0 Å². The van der Waals surface area contributed by atoms with Gasteiger partial charge in [0.25, 0.3) is 5.91 Å². The van der Waals surface area contributed by atoms with Gasteiger partial charge in [-0.1, -0.05) is 54.6 Å². The molecule has 0 bridgehead atoms. The predicted molar refractivity (Wildman–Crippen MR) is 82.5 cm³/mol. The molecule has 1 aliphatic carbocycles. The molecular weight excluding hydrogens is 276 g/mol. The number of fused-ring (bicyclic) bond motifs is 1. The van der Waals surface area contributed by atoms with E-state index >= 15 is 0 Å². The zero-order chi connectivity index (χ0) is 15.2. The Morgan fingerprint density at radius 3 is 2.55 bits per heavy atom. The normalized spacial score (nSPS) is 26.4. The van der Waals surface area contributed by atoms with Crippen molar-refractivity contribution in [3.63, 3.8) is 0 Å². The van der Waals surface area contributed by atoms with Gasteiger partial charge in [-0.25, -0.2) is 5.06 Å². The molecule has 2 N–H and O–H groups in total. The Morgan fingerprint density at radius 2 is 1.77 bits per heavy atom. The minimum atomic E-state index is -0.826. The molecule has 0 spiro atoms. The van der Waals surface area contributed by atoms with E-state index in [0.717, 1.165) is 16.7 Å². The molecule has 2 aromatic rings. The van der Waals surface area contributed by atoms with Crippen LogP contribution in [0.1, 0.15) is 29.0 Å². The molecule has 0 radical (unpaired) electrons. The molecule has 1 aliphatic heterocycles. The molecule has 2 atom stereocenters. The summed E-state index contributed by atoms with van der Waals surface area (Å²) < 4.78 is 0. The Labute approximate surface area is 129 Å². The number of nitrogens with two attached hydrogens (primary N) is 1. The number of hydrogen-bond acceptors (Lipinski definition) is 3. The van der Waals surface area contributed by atoms with Crippen molar-refractivity contribution >= 4 is 5.91 Å². The van der Waals surface area contributed by atoms with E-state index in [4.69, 9.17) is 10.6 Å². The van der Waals surface area contributed by atoms with Crippen molar-refractivity contribution in [1.29, 1.82) is 0 Å². The molecule has 1 heterocycles. The largest absolute Gasteiger partial charge is 0.317 e. The summed E-state index contributed by atoms with van der Waals surface area (Å²) in [5.41, 5.74) is 8.90. The molecule has 0 saturated heterocycles. The average Bonchev–Trinajstić information content (AvgIpc) is 3.28. The van der Waals surface area contributed by atoms with Crippen molar-refractivity contribution in [2.75, 3.05) is 0 Å². The van der Waals surface area contributed by atoms with Crippen molar-refractivity contribution in [3.05, 3.63) is 71.3 Å². The summed E-state index contributed by atoms with van der Waals surface area (Å²) >= 11 is 0. The first-order chi connectivity index (χ1) is 10.7. The lowest BCUT2D eigenvalue weighted by atomic mass is 10.0. The van der Waals surface area contributed by atoms with Crippen LogP contribution in [-0.2, 0) is 22.8 Å². The van der Waals surface area contributed by atoms with Gasteiger partial charge in [0.15, 0.2) is 0 Å². The highest BCUT2D eigenvalue weighted by Gasteiger charge is 2.59. The summed E-state index contributed by atoms with van der Waals surface area (Å²) in [6, 6.07) is 18.0. The van der Waals surface area contributed by atoms with E-state index in [1.54, 1.807) is 0 Å². The van der Waals surface area contributed by atoms with E-state index in [1.165, 1.54) is 5.06 Å². The Hall–Kier alpha value is -2.17. The molecule has 22 heavy (non-hydrogen) atoms. The van der Waals surface area contributed by atoms with E-state index in [0.29, 0.717) is 19.6 Å². The van der Waals surface area contributed by atoms with Gasteiger partial charge in [-0.05, 0) is 23.1 Å². The Balaban J connectivity index is 1.52. The lowest BCUT2D eigenvalue weighted by Gasteiger charge is -2.30. The van der Waals surface area contributed by atoms with Gasteiger partial charge in [-0.3, -0.25) is 9.63 Å². The minimum absolute atomic E-state index is 0.0852. The molecule has 0 unspecified atom stereocenters. The number of benzene rings is 2. The van der Waals surface area contributed by atoms with E-state index in [-0.39, 0.29) is 11.8 Å². The van der Waals surface area contributed by atoms with E-state index in [2.05, 4.69) is 0 Å². The van der Waals surface area contributed by atoms with E-state index < -0.39 is 5.54 Å². The molecule has 1 amide bonds. The molecule has 4 rings (SSSR count). The third-order valence-electron chi connectivity index (χ3n) is 4.64. The van der Waals surface area contributed by atoms with Gasteiger partial charge >= 0.3 is 0 Å². The highest BCUT2D eigenvalue weighted by atomic mass is 16.7. The van der Waals surface area contributed by atoms with Crippen LogP contribution in [0.4, 0.5) is 0 Å². The average molecular weight is 294 g/mol. The number of amides is 1. The summed E-state index contributed by atoms with van der Waals surface area (Å²) in [6.07, 6.45) is 0.678. The van der Waals surface area contributed by atoms with Crippen molar-refractivity contribution < 1.29 is 9.63 Å². The number of rotatable bonds is 2. The summed E-state index contributed by atoms with van der Waals surface area (Å²) in [5.74, 6) is -0.0298. The number of hydroxylamine groups is 2. The van der Waals surface area contributed by atoms with Gasteiger partial charge in [0.1, 0.15) is 12.1 Å². The molecule has 1 fully saturated rings. The lowest BCUT2D eigenvalue weighted by Crippen LogP contribution is -2.47. The maximum absolute atomic E-state index is 12.8. The number of carbonyl (C=O) groups excluding carboxylic acids is 1.